The van der Waals surface area contributed by atoms with E-state index in [1.54, 1.807) is 43.3 Å². The Morgan fingerprint density at radius 1 is 1.28 bits per heavy atom. The first kappa shape index (κ1) is 20.3. The number of aromatic carboxylic acids is 1. The standard InChI is InChI=1S/C19H16ClN5O3S/c1-11-16(17(26)25(24-11)15-7-5-13(20)6-8-15)10-21-23-19(29)22-14-4-2-3-12(9-14)18(27)28/h2-10,26H,1H3,(H,27,28)(H2,22,23,29)/b21-10+. The summed E-state index contributed by atoms with van der Waals surface area (Å²) in [5, 5.41) is 31.4. The molecule has 1 aromatic heterocycles. The van der Waals surface area contributed by atoms with E-state index in [1.807, 2.05) is 0 Å². The normalized spacial score (nSPS) is 10.8. The van der Waals surface area contributed by atoms with Gasteiger partial charge in [0.2, 0.25) is 5.88 Å². The molecule has 3 rings (SSSR count). The molecule has 0 aliphatic carbocycles. The van der Waals surface area contributed by atoms with Gasteiger partial charge in [-0.2, -0.15) is 10.2 Å². The first-order valence-electron chi connectivity index (χ1n) is 8.33. The van der Waals surface area contributed by atoms with Crippen LogP contribution in [0.15, 0.2) is 53.6 Å². The fourth-order valence-corrected chi connectivity index (χ4v) is 2.78. The molecule has 10 heteroatoms. The number of aromatic nitrogens is 2. The molecule has 0 bridgehead atoms. The predicted molar refractivity (Wildman–Crippen MR) is 115 cm³/mol. The number of carboxylic acid groups (broad SMARTS) is 1. The van der Waals surface area contributed by atoms with Crippen LogP contribution in [0.4, 0.5) is 5.69 Å². The number of anilines is 1. The maximum absolute atomic E-state index is 11.0. The number of aryl methyl sites for hydroxylation is 1. The average molecular weight is 430 g/mol. The van der Waals surface area contributed by atoms with Gasteiger partial charge >= 0.3 is 5.97 Å². The van der Waals surface area contributed by atoms with Crippen molar-refractivity contribution in [1.82, 2.24) is 15.2 Å². The number of carbonyl (C=O) groups is 1. The van der Waals surface area contributed by atoms with E-state index in [9.17, 15) is 9.90 Å². The monoisotopic (exact) mass is 429 g/mol. The Balaban J connectivity index is 1.69. The largest absolute Gasteiger partial charge is 0.493 e. The van der Waals surface area contributed by atoms with Crippen LogP contribution in [0.2, 0.25) is 5.02 Å². The van der Waals surface area contributed by atoms with Gasteiger partial charge in [0.15, 0.2) is 5.11 Å². The first-order chi connectivity index (χ1) is 13.8. The minimum absolute atomic E-state index is 0.0802. The van der Waals surface area contributed by atoms with Gasteiger partial charge in [0.05, 0.1) is 28.7 Å². The molecular weight excluding hydrogens is 414 g/mol. The Bertz CT molecular complexity index is 1100. The van der Waals surface area contributed by atoms with E-state index in [-0.39, 0.29) is 16.6 Å². The highest BCUT2D eigenvalue weighted by molar-refractivity contribution is 7.80. The average Bonchev–Trinajstić information content (AvgIpc) is 2.97. The number of carboxylic acids is 1. The minimum atomic E-state index is -1.03. The number of rotatable bonds is 5. The van der Waals surface area contributed by atoms with Crippen molar-refractivity contribution >= 4 is 46.8 Å². The van der Waals surface area contributed by atoms with Gasteiger partial charge in [0, 0.05) is 10.7 Å². The van der Waals surface area contributed by atoms with Gasteiger partial charge in [-0.1, -0.05) is 17.7 Å². The number of nitrogens with zero attached hydrogens (tertiary/aromatic N) is 3. The van der Waals surface area contributed by atoms with Crippen LogP contribution in [-0.4, -0.2) is 37.3 Å². The van der Waals surface area contributed by atoms with Crippen LogP contribution < -0.4 is 10.7 Å². The lowest BCUT2D eigenvalue weighted by atomic mass is 10.2. The van der Waals surface area contributed by atoms with Crippen molar-refractivity contribution in [1.29, 1.82) is 0 Å². The second-order valence-electron chi connectivity index (χ2n) is 5.92. The number of thiocarbonyl (C=S) groups is 1. The third-order valence-electron chi connectivity index (χ3n) is 3.88. The van der Waals surface area contributed by atoms with Crippen LogP contribution >= 0.6 is 23.8 Å². The summed E-state index contributed by atoms with van der Waals surface area (Å²) in [6.07, 6.45) is 1.39. The molecule has 0 fully saturated rings. The van der Waals surface area contributed by atoms with E-state index in [2.05, 4.69) is 20.9 Å². The second kappa shape index (κ2) is 8.72. The third kappa shape index (κ3) is 4.89. The summed E-state index contributed by atoms with van der Waals surface area (Å²) in [4.78, 5) is 11.0. The highest BCUT2D eigenvalue weighted by atomic mass is 35.5. The molecule has 0 atom stereocenters. The Labute approximate surface area is 176 Å². The number of nitrogens with one attached hydrogen (secondary N) is 2. The highest BCUT2D eigenvalue weighted by Gasteiger charge is 2.14. The van der Waals surface area contributed by atoms with Crippen LogP contribution in [0, 0.1) is 6.92 Å². The molecule has 2 aromatic carbocycles. The molecule has 1 heterocycles. The lowest BCUT2D eigenvalue weighted by Crippen LogP contribution is -2.24. The van der Waals surface area contributed by atoms with E-state index in [0.717, 1.165) is 0 Å². The maximum atomic E-state index is 11.0. The zero-order chi connectivity index (χ0) is 21.0. The van der Waals surface area contributed by atoms with Gasteiger partial charge < -0.3 is 15.5 Å². The number of hydrazone groups is 1. The van der Waals surface area contributed by atoms with E-state index in [4.69, 9.17) is 28.9 Å². The summed E-state index contributed by atoms with van der Waals surface area (Å²) < 4.78 is 1.38. The number of halogens is 1. The van der Waals surface area contributed by atoms with Gasteiger partial charge in [0.1, 0.15) is 0 Å². The van der Waals surface area contributed by atoms with Gasteiger partial charge in [-0.3, -0.25) is 5.43 Å². The summed E-state index contributed by atoms with van der Waals surface area (Å²) in [6, 6.07) is 13.1. The first-order valence-corrected chi connectivity index (χ1v) is 9.11. The summed E-state index contributed by atoms with van der Waals surface area (Å²) in [5.74, 6) is -1.11. The Morgan fingerprint density at radius 3 is 2.69 bits per heavy atom. The second-order valence-corrected chi connectivity index (χ2v) is 6.77. The maximum Gasteiger partial charge on any atom is 0.335 e. The van der Waals surface area contributed by atoms with Gasteiger partial charge in [-0.25, -0.2) is 9.48 Å². The van der Waals surface area contributed by atoms with Crippen LogP contribution in [0.3, 0.4) is 0 Å². The van der Waals surface area contributed by atoms with Crippen LogP contribution in [0.5, 0.6) is 5.88 Å². The molecule has 4 N–H and O–H groups in total. The summed E-state index contributed by atoms with van der Waals surface area (Å²) >= 11 is 11.0. The predicted octanol–water partition coefficient (Wildman–Crippen LogP) is 3.56. The van der Waals surface area contributed by atoms with Crippen LogP contribution in [-0.2, 0) is 0 Å². The zero-order valence-corrected chi connectivity index (χ0v) is 16.7. The summed E-state index contributed by atoms with van der Waals surface area (Å²) in [6.45, 7) is 1.74. The van der Waals surface area contributed by atoms with Crippen molar-refractivity contribution < 1.29 is 15.0 Å². The lowest BCUT2D eigenvalue weighted by molar-refractivity contribution is 0.0697. The SMILES string of the molecule is Cc1nn(-c2ccc(Cl)cc2)c(O)c1/C=N/NC(=S)Nc1cccc(C(=O)O)c1. The molecule has 148 valence electrons. The van der Waals surface area contributed by atoms with E-state index in [1.165, 1.54) is 23.0 Å². The van der Waals surface area contributed by atoms with Gasteiger partial charge in [0.25, 0.3) is 0 Å². The quantitative estimate of drug-likeness (QED) is 0.278. The zero-order valence-electron chi connectivity index (χ0n) is 15.1. The summed E-state index contributed by atoms with van der Waals surface area (Å²) in [5.41, 5.74) is 4.89. The molecule has 0 saturated carbocycles. The molecule has 0 aliphatic heterocycles. The highest BCUT2D eigenvalue weighted by Crippen LogP contribution is 2.24. The van der Waals surface area contributed by atoms with Crippen molar-refractivity contribution in [3.63, 3.8) is 0 Å². The van der Waals surface area contributed by atoms with Crippen molar-refractivity contribution in [2.45, 2.75) is 6.92 Å². The molecule has 8 nitrogen and oxygen atoms in total. The summed E-state index contributed by atoms with van der Waals surface area (Å²) in [7, 11) is 0. The molecule has 0 spiro atoms. The Hall–Kier alpha value is -3.43. The van der Waals surface area contributed by atoms with Crippen LogP contribution in [0.25, 0.3) is 5.69 Å². The molecule has 3 aromatic rings. The Morgan fingerprint density at radius 2 is 2.00 bits per heavy atom. The van der Waals surface area contributed by atoms with Gasteiger partial charge in [-0.05, 0) is 61.6 Å². The molecule has 29 heavy (non-hydrogen) atoms. The number of hydrogen-bond donors (Lipinski definition) is 4. The van der Waals surface area contributed by atoms with E-state index >= 15 is 0 Å². The van der Waals surface area contributed by atoms with Gasteiger partial charge in [-0.15, -0.1) is 0 Å². The third-order valence-corrected chi connectivity index (χ3v) is 4.32. The lowest BCUT2D eigenvalue weighted by Gasteiger charge is -2.07. The van der Waals surface area contributed by atoms with Crippen LogP contribution in [0.1, 0.15) is 21.6 Å². The Kier molecular flexibility index (Phi) is 6.10. The molecule has 0 saturated heterocycles. The minimum Gasteiger partial charge on any atom is -0.493 e. The molecule has 0 aliphatic rings. The van der Waals surface area contributed by atoms with Crippen molar-refractivity contribution in [3.05, 3.63) is 70.4 Å². The molecular formula is C19H16ClN5O3S. The van der Waals surface area contributed by atoms with Crippen molar-refractivity contribution in [2.24, 2.45) is 5.10 Å². The van der Waals surface area contributed by atoms with Crippen molar-refractivity contribution in [3.8, 4) is 11.6 Å². The van der Waals surface area contributed by atoms with E-state index < -0.39 is 5.97 Å². The molecule has 0 unspecified atom stereocenters. The fraction of sp³-hybridized carbons (Fsp3) is 0.0526. The topological polar surface area (TPSA) is 112 Å². The molecule has 0 amide bonds. The van der Waals surface area contributed by atoms with E-state index in [0.29, 0.717) is 27.7 Å². The number of benzene rings is 2. The smallest absolute Gasteiger partial charge is 0.335 e. The fourth-order valence-electron chi connectivity index (χ4n) is 2.49. The molecule has 0 radical (unpaired) electrons. The number of aromatic hydroxyl groups is 1. The number of hydrogen-bond acceptors (Lipinski definition) is 5. The van der Waals surface area contributed by atoms with Crippen molar-refractivity contribution in [2.75, 3.05) is 5.32 Å².